The predicted molar refractivity (Wildman–Crippen MR) is 78.0 cm³/mol. The molecule has 3 aliphatic rings. The first-order valence-electron chi connectivity index (χ1n) is 7.05. The van der Waals surface area contributed by atoms with E-state index >= 15 is 0 Å². The van der Waals surface area contributed by atoms with Crippen molar-refractivity contribution in [2.24, 2.45) is 11.8 Å². The topological polar surface area (TPSA) is 20.2 Å². The number of hydrogen-bond donors (Lipinski definition) is 1. The SMILES string of the molecule is C=C(O)C1C2Cc3ccc(C4=CCC=C4C)cc3C21. The molecule has 19 heavy (non-hydrogen) atoms. The van der Waals surface area contributed by atoms with Gasteiger partial charge in [-0.05, 0) is 59.4 Å². The van der Waals surface area contributed by atoms with E-state index in [9.17, 15) is 5.11 Å². The minimum atomic E-state index is 0.317. The van der Waals surface area contributed by atoms with Gasteiger partial charge in [0.1, 0.15) is 0 Å². The number of aliphatic hydroxyl groups is 1. The Morgan fingerprint density at radius 1 is 1.32 bits per heavy atom. The van der Waals surface area contributed by atoms with Crippen molar-refractivity contribution in [3.63, 3.8) is 0 Å². The van der Waals surface area contributed by atoms with E-state index in [1.807, 2.05) is 0 Å². The van der Waals surface area contributed by atoms with E-state index in [4.69, 9.17) is 0 Å². The summed E-state index contributed by atoms with van der Waals surface area (Å²) in [7, 11) is 0. The largest absolute Gasteiger partial charge is 0.513 e. The Kier molecular flexibility index (Phi) is 2.12. The van der Waals surface area contributed by atoms with Crippen LogP contribution in [0.5, 0.6) is 0 Å². The van der Waals surface area contributed by atoms with Gasteiger partial charge in [0.2, 0.25) is 0 Å². The zero-order valence-electron chi connectivity index (χ0n) is 11.2. The van der Waals surface area contributed by atoms with Crippen LogP contribution >= 0.6 is 0 Å². The summed E-state index contributed by atoms with van der Waals surface area (Å²) >= 11 is 0. The summed E-state index contributed by atoms with van der Waals surface area (Å²) in [6.07, 6.45) is 6.75. The number of aliphatic hydroxyl groups excluding tert-OH is 1. The summed E-state index contributed by atoms with van der Waals surface area (Å²) < 4.78 is 0. The van der Waals surface area contributed by atoms with E-state index < -0.39 is 0 Å². The molecule has 0 radical (unpaired) electrons. The maximum Gasteiger partial charge on any atom is 0.0891 e. The van der Waals surface area contributed by atoms with Gasteiger partial charge < -0.3 is 5.11 Å². The lowest BCUT2D eigenvalue weighted by Gasteiger charge is -2.11. The van der Waals surface area contributed by atoms with Crippen LogP contribution in [0.3, 0.4) is 0 Å². The minimum absolute atomic E-state index is 0.317. The van der Waals surface area contributed by atoms with Crippen LogP contribution in [0, 0.1) is 11.8 Å². The summed E-state index contributed by atoms with van der Waals surface area (Å²) in [4.78, 5) is 0. The Morgan fingerprint density at radius 2 is 2.16 bits per heavy atom. The van der Waals surface area contributed by atoms with Crippen molar-refractivity contribution < 1.29 is 5.11 Å². The fourth-order valence-corrected chi connectivity index (χ4v) is 3.99. The van der Waals surface area contributed by atoms with Crippen molar-refractivity contribution in [1.29, 1.82) is 0 Å². The van der Waals surface area contributed by atoms with Gasteiger partial charge in [-0.25, -0.2) is 0 Å². The van der Waals surface area contributed by atoms with Crippen molar-refractivity contribution in [2.75, 3.05) is 0 Å². The highest BCUT2D eigenvalue weighted by Crippen LogP contribution is 2.63. The lowest BCUT2D eigenvalue weighted by Crippen LogP contribution is -1.97. The average molecular weight is 250 g/mol. The van der Waals surface area contributed by atoms with E-state index in [-0.39, 0.29) is 0 Å². The van der Waals surface area contributed by atoms with E-state index in [0.717, 1.165) is 12.8 Å². The molecule has 96 valence electrons. The minimum Gasteiger partial charge on any atom is -0.513 e. The number of rotatable bonds is 2. The first kappa shape index (κ1) is 11.1. The molecule has 1 nitrogen and oxygen atoms in total. The molecular formula is C18H18O. The normalized spacial score (nSPS) is 30.5. The number of allylic oxidation sites excluding steroid dienone is 5. The second-order valence-electron chi connectivity index (χ2n) is 6.07. The standard InChI is InChI=1S/C18H18O/c1-10-4-3-5-14(10)12-6-7-13-9-16-17(11(2)19)18(16)15(13)8-12/h4-8,16-19H,2-3,9H2,1H3. The van der Waals surface area contributed by atoms with Gasteiger partial charge in [-0.2, -0.15) is 0 Å². The van der Waals surface area contributed by atoms with Crippen molar-refractivity contribution in [3.05, 3.63) is 65.0 Å². The Bertz CT molecular complexity index is 648. The first-order chi connectivity index (χ1) is 9.16. The van der Waals surface area contributed by atoms with Gasteiger partial charge in [-0.15, -0.1) is 0 Å². The fraction of sp³-hybridized carbons (Fsp3) is 0.333. The van der Waals surface area contributed by atoms with E-state index in [1.165, 1.54) is 27.8 Å². The number of hydrogen-bond acceptors (Lipinski definition) is 1. The molecule has 1 aromatic carbocycles. The van der Waals surface area contributed by atoms with Crippen molar-refractivity contribution in [3.8, 4) is 0 Å². The molecule has 0 saturated heterocycles. The van der Waals surface area contributed by atoms with Gasteiger partial charge in [0.25, 0.3) is 0 Å². The van der Waals surface area contributed by atoms with E-state index in [1.54, 1.807) is 0 Å². The molecule has 0 heterocycles. The van der Waals surface area contributed by atoms with Crippen LogP contribution in [-0.2, 0) is 6.42 Å². The molecule has 3 atom stereocenters. The van der Waals surface area contributed by atoms with Gasteiger partial charge in [-0.1, -0.05) is 36.9 Å². The molecule has 0 aliphatic heterocycles. The Balaban J connectivity index is 1.72. The molecule has 3 aliphatic carbocycles. The van der Waals surface area contributed by atoms with Gasteiger partial charge in [0, 0.05) is 5.92 Å². The quantitative estimate of drug-likeness (QED) is 0.772. The molecule has 4 rings (SSSR count). The molecule has 0 aromatic heterocycles. The third-order valence-corrected chi connectivity index (χ3v) is 5.00. The molecule has 3 unspecified atom stereocenters. The molecular weight excluding hydrogens is 232 g/mol. The Labute approximate surface area is 114 Å². The summed E-state index contributed by atoms with van der Waals surface area (Å²) in [6, 6.07) is 6.87. The van der Waals surface area contributed by atoms with Crippen LogP contribution in [-0.4, -0.2) is 5.11 Å². The lowest BCUT2D eigenvalue weighted by molar-refractivity contribution is 0.371. The highest BCUT2D eigenvalue weighted by Gasteiger charge is 2.57. The molecule has 1 N–H and O–H groups in total. The third-order valence-electron chi connectivity index (χ3n) is 5.00. The highest BCUT2D eigenvalue weighted by atomic mass is 16.3. The van der Waals surface area contributed by atoms with Gasteiger partial charge in [0.05, 0.1) is 5.76 Å². The van der Waals surface area contributed by atoms with Crippen molar-refractivity contribution >= 4 is 5.57 Å². The summed E-state index contributed by atoms with van der Waals surface area (Å²) in [5.41, 5.74) is 7.01. The number of fused-ring (bicyclic) bond motifs is 3. The molecule has 0 spiro atoms. The van der Waals surface area contributed by atoms with E-state index in [0.29, 0.717) is 23.5 Å². The maximum atomic E-state index is 9.63. The second-order valence-corrected chi connectivity index (χ2v) is 6.07. The number of benzene rings is 1. The average Bonchev–Trinajstić information content (AvgIpc) is 2.74. The zero-order valence-corrected chi connectivity index (χ0v) is 11.2. The molecule has 1 saturated carbocycles. The van der Waals surface area contributed by atoms with Crippen LogP contribution in [0.25, 0.3) is 5.57 Å². The van der Waals surface area contributed by atoms with E-state index in [2.05, 4.69) is 43.9 Å². The lowest BCUT2D eigenvalue weighted by atomic mass is 9.94. The third kappa shape index (κ3) is 1.48. The maximum absolute atomic E-state index is 9.63. The van der Waals surface area contributed by atoms with Crippen LogP contribution in [0.2, 0.25) is 0 Å². The molecule has 1 aromatic rings. The molecule has 0 amide bonds. The monoisotopic (exact) mass is 250 g/mol. The molecule has 0 bridgehead atoms. The highest BCUT2D eigenvalue weighted by molar-refractivity contribution is 5.81. The fourth-order valence-electron chi connectivity index (χ4n) is 3.99. The van der Waals surface area contributed by atoms with Crippen LogP contribution < -0.4 is 0 Å². The summed E-state index contributed by atoms with van der Waals surface area (Å²) in [5.74, 6) is 1.83. The van der Waals surface area contributed by atoms with Crippen LogP contribution in [0.15, 0.2) is 48.3 Å². The smallest absolute Gasteiger partial charge is 0.0891 e. The van der Waals surface area contributed by atoms with Crippen LogP contribution in [0.1, 0.15) is 36.0 Å². The zero-order chi connectivity index (χ0) is 13.1. The van der Waals surface area contributed by atoms with Gasteiger partial charge in [-0.3, -0.25) is 0 Å². The molecule has 1 fully saturated rings. The van der Waals surface area contributed by atoms with Gasteiger partial charge >= 0.3 is 0 Å². The summed E-state index contributed by atoms with van der Waals surface area (Å²) in [6.45, 7) is 5.90. The van der Waals surface area contributed by atoms with Crippen molar-refractivity contribution in [1.82, 2.24) is 0 Å². The Hall–Kier alpha value is -1.76. The summed E-state index contributed by atoms with van der Waals surface area (Å²) in [5, 5.41) is 9.63. The van der Waals surface area contributed by atoms with Crippen molar-refractivity contribution in [2.45, 2.75) is 25.7 Å². The van der Waals surface area contributed by atoms with Gasteiger partial charge in [0.15, 0.2) is 0 Å². The van der Waals surface area contributed by atoms with Crippen LogP contribution in [0.4, 0.5) is 0 Å². The molecule has 1 heteroatoms. The second kappa shape index (κ2) is 3.63. The predicted octanol–water partition coefficient (Wildman–Crippen LogP) is 4.38. The first-order valence-corrected chi connectivity index (χ1v) is 7.05. The Morgan fingerprint density at radius 3 is 2.84 bits per heavy atom.